The summed E-state index contributed by atoms with van der Waals surface area (Å²) in [7, 11) is 0. The number of rotatable bonds is 2. The van der Waals surface area contributed by atoms with Crippen LogP contribution in [0.15, 0.2) is 12.2 Å². The molecule has 2 unspecified atom stereocenters. The second-order valence-corrected chi connectivity index (χ2v) is 3.20. The van der Waals surface area contributed by atoms with Crippen molar-refractivity contribution in [2.24, 2.45) is 11.8 Å². The largest absolute Gasteiger partial charge is 0.0999 e. The van der Waals surface area contributed by atoms with Crippen molar-refractivity contribution >= 4 is 0 Å². The van der Waals surface area contributed by atoms with E-state index in [0.717, 1.165) is 11.8 Å². The van der Waals surface area contributed by atoms with Gasteiger partial charge in [-0.15, -0.1) is 0 Å². The summed E-state index contributed by atoms with van der Waals surface area (Å²) in [5, 5.41) is 0. The van der Waals surface area contributed by atoms with Gasteiger partial charge in [-0.2, -0.15) is 0 Å². The Labute approximate surface area is 58.0 Å². The van der Waals surface area contributed by atoms with Crippen LogP contribution in [-0.4, -0.2) is 0 Å². The molecule has 2 atom stereocenters. The maximum Gasteiger partial charge on any atom is -0.0180 e. The summed E-state index contributed by atoms with van der Waals surface area (Å²) in [6.07, 6.45) is 4.18. The normalized spacial score (nSPS) is 33.6. The molecule has 0 spiro atoms. The molecule has 0 aromatic rings. The highest BCUT2D eigenvalue weighted by Crippen LogP contribution is 2.40. The van der Waals surface area contributed by atoms with Gasteiger partial charge in [0.05, 0.1) is 0 Å². The fraction of sp³-hybridized carbons (Fsp3) is 0.778. The third-order valence-electron chi connectivity index (χ3n) is 2.57. The lowest BCUT2D eigenvalue weighted by molar-refractivity contribution is 0.208. The molecule has 0 amide bonds. The van der Waals surface area contributed by atoms with Crippen molar-refractivity contribution in [3.8, 4) is 0 Å². The Balaban J connectivity index is 2.35. The van der Waals surface area contributed by atoms with E-state index in [-0.39, 0.29) is 0 Å². The van der Waals surface area contributed by atoms with Crippen molar-refractivity contribution in [1.29, 1.82) is 0 Å². The fourth-order valence-corrected chi connectivity index (χ4v) is 1.71. The molecule has 0 radical (unpaired) electrons. The standard InChI is InChI=1S/C9H16/c1-4-8-5-6-9(8)7(2)3/h8-9H,2,4-6H2,1,3H3. The van der Waals surface area contributed by atoms with Crippen LogP contribution in [0.1, 0.15) is 33.1 Å². The van der Waals surface area contributed by atoms with E-state index < -0.39 is 0 Å². The van der Waals surface area contributed by atoms with Gasteiger partial charge in [0, 0.05) is 0 Å². The van der Waals surface area contributed by atoms with Gasteiger partial charge in [-0.3, -0.25) is 0 Å². The summed E-state index contributed by atoms with van der Waals surface area (Å²) < 4.78 is 0. The summed E-state index contributed by atoms with van der Waals surface area (Å²) in [6.45, 7) is 8.41. The van der Waals surface area contributed by atoms with Gasteiger partial charge in [-0.05, 0) is 31.6 Å². The Bertz CT molecular complexity index is 111. The van der Waals surface area contributed by atoms with Crippen molar-refractivity contribution in [1.82, 2.24) is 0 Å². The van der Waals surface area contributed by atoms with Crippen molar-refractivity contribution in [2.75, 3.05) is 0 Å². The molecule has 0 saturated heterocycles. The summed E-state index contributed by atoms with van der Waals surface area (Å²) in [5.74, 6) is 1.84. The second-order valence-electron chi connectivity index (χ2n) is 3.20. The fourth-order valence-electron chi connectivity index (χ4n) is 1.71. The molecule has 52 valence electrons. The predicted molar refractivity (Wildman–Crippen MR) is 41.3 cm³/mol. The molecule has 1 aliphatic rings. The van der Waals surface area contributed by atoms with Gasteiger partial charge in [-0.25, -0.2) is 0 Å². The maximum absolute atomic E-state index is 3.98. The third kappa shape index (κ3) is 1.17. The predicted octanol–water partition coefficient (Wildman–Crippen LogP) is 3.00. The molecule has 1 saturated carbocycles. The zero-order valence-electron chi connectivity index (χ0n) is 6.48. The van der Waals surface area contributed by atoms with Crippen LogP contribution in [0.4, 0.5) is 0 Å². The second kappa shape index (κ2) is 2.55. The van der Waals surface area contributed by atoms with Crippen molar-refractivity contribution < 1.29 is 0 Å². The lowest BCUT2D eigenvalue weighted by Gasteiger charge is -2.36. The van der Waals surface area contributed by atoms with Gasteiger partial charge in [0.1, 0.15) is 0 Å². The van der Waals surface area contributed by atoms with Crippen molar-refractivity contribution in [2.45, 2.75) is 33.1 Å². The van der Waals surface area contributed by atoms with Gasteiger partial charge in [0.2, 0.25) is 0 Å². The van der Waals surface area contributed by atoms with E-state index in [4.69, 9.17) is 0 Å². The highest BCUT2D eigenvalue weighted by Gasteiger charge is 2.28. The maximum atomic E-state index is 3.98. The van der Waals surface area contributed by atoms with Crippen molar-refractivity contribution in [3.63, 3.8) is 0 Å². The monoisotopic (exact) mass is 124 g/mol. The topological polar surface area (TPSA) is 0 Å². The Kier molecular flexibility index (Phi) is 1.94. The van der Waals surface area contributed by atoms with Crippen LogP contribution in [0.3, 0.4) is 0 Å². The van der Waals surface area contributed by atoms with Crippen molar-refractivity contribution in [3.05, 3.63) is 12.2 Å². The van der Waals surface area contributed by atoms with Crippen LogP contribution in [0.2, 0.25) is 0 Å². The average Bonchev–Trinajstić information content (AvgIpc) is 1.61. The van der Waals surface area contributed by atoms with E-state index in [1.165, 1.54) is 24.8 Å². The summed E-state index contributed by atoms with van der Waals surface area (Å²) in [4.78, 5) is 0. The molecule has 0 nitrogen and oxygen atoms in total. The Morgan fingerprint density at radius 2 is 2.22 bits per heavy atom. The molecule has 0 bridgehead atoms. The van der Waals surface area contributed by atoms with Crippen LogP contribution in [-0.2, 0) is 0 Å². The van der Waals surface area contributed by atoms with Crippen LogP contribution < -0.4 is 0 Å². The van der Waals surface area contributed by atoms with E-state index in [1.807, 2.05) is 0 Å². The quantitative estimate of drug-likeness (QED) is 0.496. The minimum atomic E-state index is 0.870. The molecule has 0 aliphatic heterocycles. The molecule has 1 fully saturated rings. The number of hydrogen-bond donors (Lipinski definition) is 0. The number of allylic oxidation sites excluding steroid dienone is 1. The van der Waals surface area contributed by atoms with Crippen LogP contribution in [0, 0.1) is 11.8 Å². The first kappa shape index (κ1) is 6.85. The summed E-state index contributed by atoms with van der Waals surface area (Å²) in [5.41, 5.74) is 1.40. The molecule has 9 heavy (non-hydrogen) atoms. The first-order valence-corrected chi connectivity index (χ1v) is 3.91. The molecule has 1 aliphatic carbocycles. The zero-order chi connectivity index (χ0) is 6.85. The van der Waals surface area contributed by atoms with E-state index in [1.54, 1.807) is 0 Å². The van der Waals surface area contributed by atoms with Gasteiger partial charge in [-0.1, -0.05) is 25.5 Å². The molecule has 0 N–H and O–H groups in total. The molecular weight excluding hydrogens is 108 g/mol. The molecule has 0 aromatic carbocycles. The zero-order valence-corrected chi connectivity index (χ0v) is 6.48. The molecule has 0 aromatic heterocycles. The summed E-state index contributed by atoms with van der Waals surface area (Å²) >= 11 is 0. The van der Waals surface area contributed by atoms with Crippen LogP contribution in [0.5, 0.6) is 0 Å². The van der Waals surface area contributed by atoms with Crippen LogP contribution in [0.25, 0.3) is 0 Å². The lowest BCUT2D eigenvalue weighted by Crippen LogP contribution is -2.25. The highest BCUT2D eigenvalue weighted by molar-refractivity contribution is 5.03. The van der Waals surface area contributed by atoms with E-state index in [2.05, 4.69) is 20.4 Å². The Morgan fingerprint density at radius 3 is 2.33 bits per heavy atom. The van der Waals surface area contributed by atoms with E-state index in [0.29, 0.717) is 0 Å². The molecule has 0 heterocycles. The third-order valence-corrected chi connectivity index (χ3v) is 2.57. The average molecular weight is 124 g/mol. The Hall–Kier alpha value is -0.260. The minimum Gasteiger partial charge on any atom is -0.0999 e. The van der Waals surface area contributed by atoms with E-state index >= 15 is 0 Å². The van der Waals surface area contributed by atoms with Gasteiger partial charge >= 0.3 is 0 Å². The van der Waals surface area contributed by atoms with Gasteiger partial charge < -0.3 is 0 Å². The van der Waals surface area contributed by atoms with E-state index in [9.17, 15) is 0 Å². The first-order chi connectivity index (χ1) is 4.25. The first-order valence-electron chi connectivity index (χ1n) is 3.91. The molecule has 1 rings (SSSR count). The lowest BCUT2D eigenvalue weighted by atomic mass is 9.69. The SMILES string of the molecule is C=C(C)C1CCC1CC. The molecule has 0 heteroatoms. The van der Waals surface area contributed by atoms with Crippen LogP contribution >= 0.6 is 0 Å². The highest BCUT2D eigenvalue weighted by atomic mass is 14.3. The van der Waals surface area contributed by atoms with Gasteiger partial charge in [0.15, 0.2) is 0 Å². The van der Waals surface area contributed by atoms with Gasteiger partial charge in [0.25, 0.3) is 0 Å². The number of hydrogen-bond acceptors (Lipinski definition) is 0. The molecular formula is C9H16. The Morgan fingerprint density at radius 1 is 1.56 bits per heavy atom. The smallest absolute Gasteiger partial charge is 0.0180 e. The minimum absolute atomic E-state index is 0.870. The summed E-state index contributed by atoms with van der Waals surface area (Å²) in [6, 6.07) is 0.